The van der Waals surface area contributed by atoms with Crippen LogP contribution in [-0.4, -0.2) is 22.6 Å². The Morgan fingerprint density at radius 3 is 2.38 bits per heavy atom. The van der Waals surface area contributed by atoms with E-state index in [0.717, 1.165) is 11.0 Å². The van der Waals surface area contributed by atoms with Crippen molar-refractivity contribution in [2.24, 2.45) is 0 Å². The van der Waals surface area contributed by atoms with Crippen LogP contribution in [0.15, 0.2) is 40.0 Å². The fourth-order valence-corrected chi connectivity index (χ4v) is 2.69. The number of carbonyl (C=O) groups excluding carboxylic acids is 2. The van der Waals surface area contributed by atoms with Gasteiger partial charge >= 0.3 is 0 Å². The van der Waals surface area contributed by atoms with E-state index < -0.39 is 17.4 Å². The summed E-state index contributed by atoms with van der Waals surface area (Å²) >= 11 is 1.57. The summed E-state index contributed by atoms with van der Waals surface area (Å²) in [6, 6.07) is 8.32. The van der Waals surface area contributed by atoms with Gasteiger partial charge in [-0.15, -0.1) is 11.8 Å². The molecule has 1 aromatic heterocycles. The molecule has 0 radical (unpaired) electrons. The van der Waals surface area contributed by atoms with Gasteiger partial charge in [-0.05, 0) is 30.5 Å². The molecule has 3 N–H and O–H groups in total. The smallest absolute Gasteiger partial charge is 0.262 e. The number of amides is 2. The molecule has 0 bridgehead atoms. The van der Waals surface area contributed by atoms with Crippen LogP contribution in [0.3, 0.4) is 0 Å². The Kier molecular flexibility index (Phi) is 3.06. The molecule has 2 aromatic rings. The first-order valence-electron chi connectivity index (χ1n) is 6.08. The molecule has 7 heteroatoms. The summed E-state index contributed by atoms with van der Waals surface area (Å²) in [7, 11) is 0. The van der Waals surface area contributed by atoms with Crippen LogP contribution >= 0.6 is 11.8 Å². The van der Waals surface area contributed by atoms with E-state index in [-0.39, 0.29) is 16.9 Å². The number of hydrogen-bond acceptors (Lipinski definition) is 5. The molecule has 2 amide bonds. The predicted octanol–water partition coefficient (Wildman–Crippen LogP) is 1.03. The van der Waals surface area contributed by atoms with Crippen LogP contribution in [0.4, 0.5) is 5.82 Å². The van der Waals surface area contributed by atoms with Gasteiger partial charge in [0.25, 0.3) is 17.4 Å². The van der Waals surface area contributed by atoms with E-state index >= 15 is 0 Å². The Morgan fingerprint density at radius 2 is 1.76 bits per heavy atom. The first-order valence-corrected chi connectivity index (χ1v) is 7.31. The van der Waals surface area contributed by atoms with E-state index in [4.69, 9.17) is 5.73 Å². The summed E-state index contributed by atoms with van der Waals surface area (Å²) in [6.45, 7) is 0. The van der Waals surface area contributed by atoms with Crippen LogP contribution in [0.25, 0.3) is 5.69 Å². The zero-order valence-corrected chi connectivity index (χ0v) is 11.9. The highest BCUT2D eigenvalue weighted by Gasteiger charge is 2.31. The van der Waals surface area contributed by atoms with Gasteiger partial charge in [-0.1, -0.05) is 0 Å². The molecule has 1 aliphatic rings. The van der Waals surface area contributed by atoms with E-state index in [0.29, 0.717) is 5.69 Å². The average molecular weight is 301 g/mol. The first-order chi connectivity index (χ1) is 10.0. The van der Waals surface area contributed by atoms with E-state index in [1.54, 1.807) is 23.9 Å². The number of carbonyl (C=O) groups is 2. The quantitative estimate of drug-likeness (QED) is 0.638. The van der Waals surface area contributed by atoms with E-state index in [9.17, 15) is 14.4 Å². The third-order valence-electron chi connectivity index (χ3n) is 3.28. The van der Waals surface area contributed by atoms with Gasteiger partial charge in [-0.25, -0.2) is 0 Å². The molecule has 21 heavy (non-hydrogen) atoms. The fourth-order valence-electron chi connectivity index (χ4n) is 2.28. The highest BCUT2D eigenvalue weighted by Crippen LogP contribution is 2.23. The fraction of sp³-hybridized carbons (Fsp3) is 0.0714. The maximum absolute atomic E-state index is 12.2. The number of benzene rings is 1. The molecule has 0 saturated carbocycles. The zero-order valence-electron chi connectivity index (χ0n) is 11.0. The Balaban J connectivity index is 2.24. The molecule has 0 saturated heterocycles. The maximum Gasteiger partial charge on any atom is 0.262 e. The van der Waals surface area contributed by atoms with Crippen LogP contribution in [0.1, 0.15) is 20.7 Å². The van der Waals surface area contributed by atoms with Crippen LogP contribution in [0.5, 0.6) is 0 Å². The topological polar surface area (TPSA) is 94.2 Å². The Labute approximate surface area is 124 Å². The Morgan fingerprint density at radius 1 is 1.10 bits per heavy atom. The molecule has 0 spiro atoms. The molecule has 6 nitrogen and oxygen atoms in total. The van der Waals surface area contributed by atoms with Gasteiger partial charge in [-0.3, -0.25) is 24.3 Å². The van der Waals surface area contributed by atoms with Gasteiger partial charge in [0.1, 0.15) is 5.82 Å². The van der Waals surface area contributed by atoms with Crippen molar-refractivity contribution < 1.29 is 9.59 Å². The predicted molar refractivity (Wildman–Crippen MR) is 80.0 cm³/mol. The lowest BCUT2D eigenvalue weighted by atomic mass is 10.1. The van der Waals surface area contributed by atoms with Gasteiger partial charge < -0.3 is 5.73 Å². The maximum atomic E-state index is 12.2. The highest BCUT2D eigenvalue weighted by atomic mass is 32.2. The number of fused-ring (bicyclic) bond motifs is 1. The van der Waals surface area contributed by atoms with Crippen molar-refractivity contribution in [3.8, 4) is 5.69 Å². The SMILES string of the molecule is CSc1ccc(-n2c(N)c3c(cc2=O)C(=O)NC3=O)cc1. The lowest BCUT2D eigenvalue weighted by molar-refractivity contribution is 0.0880. The summed E-state index contributed by atoms with van der Waals surface area (Å²) in [4.78, 5) is 36.6. The number of thioether (sulfide) groups is 1. The summed E-state index contributed by atoms with van der Waals surface area (Å²) < 4.78 is 1.22. The molecule has 3 rings (SSSR count). The lowest BCUT2D eigenvalue weighted by Gasteiger charge is -2.12. The highest BCUT2D eigenvalue weighted by molar-refractivity contribution is 7.98. The second-order valence-electron chi connectivity index (χ2n) is 4.47. The van der Waals surface area contributed by atoms with Gasteiger partial charge in [0.2, 0.25) is 0 Å². The van der Waals surface area contributed by atoms with Crippen molar-refractivity contribution >= 4 is 29.4 Å². The molecule has 0 atom stereocenters. The van der Waals surface area contributed by atoms with Crippen molar-refractivity contribution in [1.29, 1.82) is 0 Å². The van der Waals surface area contributed by atoms with Crippen molar-refractivity contribution in [1.82, 2.24) is 9.88 Å². The number of nitrogens with one attached hydrogen (secondary N) is 1. The van der Waals surface area contributed by atoms with Crippen molar-refractivity contribution in [3.05, 3.63) is 51.8 Å². The normalized spacial score (nSPS) is 13.2. The Hall–Kier alpha value is -2.54. The number of nitrogens with zero attached hydrogens (tertiary/aromatic N) is 1. The number of pyridine rings is 1. The molecule has 106 valence electrons. The monoisotopic (exact) mass is 301 g/mol. The summed E-state index contributed by atoms with van der Waals surface area (Å²) in [6.07, 6.45) is 1.95. The molecular formula is C14H11N3O3S. The minimum absolute atomic E-state index is 0.0273. The van der Waals surface area contributed by atoms with E-state index in [1.807, 2.05) is 18.4 Å². The number of aromatic nitrogens is 1. The number of nitrogen functional groups attached to an aromatic ring is 1. The van der Waals surface area contributed by atoms with Crippen molar-refractivity contribution in [2.75, 3.05) is 12.0 Å². The van der Waals surface area contributed by atoms with Crippen LogP contribution in [0.2, 0.25) is 0 Å². The summed E-state index contributed by atoms with van der Waals surface area (Å²) in [5.74, 6) is -1.21. The van der Waals surface area contributed by atoms with Crippen LogP contribution in [-0.2, 0) is 0 Å². The second kappa shape index (κ2) is 4.78. The molecule has 1 aliphatic heterocycles. The molecule has 0 unspecified atom stereocenters. The van der Waals surface area contributed by atoms with Crippen LogP contribution < -0.4 is 16.6 Å². The molecular weight excluding hydrogens is 290 g/mol. The van der Waals surface area contributed by atoms with Crippen molar-refractivity contribution in [3.63, 3.8) is 0 Å². The lowest BCUT2D eigenvalue weighted by Crippen LogP contribution is -2.24. The Bertz CT molecular complexity index is 825. The van der Waals surface area contributed by atoms with Crippen molar-refractivity contribution in [2.45, 2.75) is 4.90 Å². The van der Waals surface area contributed by atoms with Gasteiger partial charge in [0.05, 0.1) is 16.8 Å². The van der Waals surface area contributed by atoms with E-state index in [2.05, 4.69) is 5.32 Å². The second-order valence-corrected chi connectivity index (χ2v) is 5.35. The van der Waals surface area contributed by atoms with Gasteiger partial charge in [0.15, 0.2) is 0 Å². The third-order valence-corrected chi connectivity index (χ3v) is 4.03. The number of imide groups is 1. The number of hydrogen-bond donors (Lipinski definition) is 2. The van der Waals surface area contributed by atoms with Gasteiger partial charge in [-0.2, -0.15) is 0 Å². The molecule has 0 fully saturated rings. The minimum atomic E-state index is -0.594. The first kappa shape index (κ1) is 13.4. The average Bonchev–Trinajstić information content (AvgIpc) is 2.74. The minimum Gasteiger partial charge on any atom is -0.384 e. The summed E-state index contributed by atoms with van der Waals surface area (Å²) in [5, 5.41) is 2.13. The largest absolute Gasteiger partial charge is 0.384 e. The number of nitrogens with two attached hydrogens (primary N) is 1. The zero-order chi connectivity index (χ0) is 15.1. The molecule has 1 aromatic carbocycles. The standard InChI is InChI=1S/C14H11N3O3S/c1-21-8-4-2-7(3-5-8)17-10(18)6-9-11(12(17)15)14(20)16-13(9)19/h2-6H,15H2,1H3,(H,16,19,20). The van der Waals surface area contributed by atoms with Gasteiger partial charge in [0, 0.05) is 11.0 Å². The molecule has 2 heterocycles. The summed E-state index contributed by atoms with van der Waals surface area (Å²) in [5.41, 5.74) is 6.11. The van der Waals surface area contributed by atoms with E-state index in [1.165, 1.54) is 4.57 Å². The van der Waals surface area contributed by atoms with Crippen LogP contribution in [0, 0.1) is 0 Å². The third kappa shape index (κ3) is 2.02. The number of rotatable bonds is 2. The molecule has 0 aliphatic carbocycles. The number of anilines is 1.